The van der Waals surface area contributed by atoms with Gasteiger partial charge in [0.25, 0.3) is 5.91 Å². The Morgan fingerprint density at radius 1 is 1.14 bits per heavy atom. The van der Waals surface area contributed by atoms with Gasteiger partial charge in [0.2, 0.25) is 5.91 Å². The molecule has 0 fully saturated rings. The molecule has 2 rings (SSSR count). The zero-order chi connectivity index (χ0) is 15.1. The normalized spacial score (nSPS) is 16.5. The zero-order valence-corrected chi connectivity index (χ0v) is 12.2. The van der Waals surface area contributed by atoms with Crippen molar-refractivity contribution in [1.82, 2.24) is 10.9 Å². The van der Waals surface area contributed by atoms with E-state index in [9.17, 15) is 9.59 Å². The first-order valence-corrected chi connectivity index (χ1v) is 7.18. The Labute approximate surface area is 124 Å². The van der Waals surface area contributed by atoms with Crippen LogP contribution in [0.15, 0.2) is 36.4 Å². The van der Waals surface area contributed by atoms with Gasteiger partial charge in [0, 0.05) is 12.1 Å². The molecular formula is C16H21N3O2. The van der Waals surface area contributed by atoms with Crippen molar-refractivity contribution in [2.75, 3.05) is 11.9 Å². The number of carbonyl (C=O) groups is 2. The minimum atomic E-state index is -0.272. The Kier molecular flexibility index (Phi) is 5.37. The topological polar surface area (TPSA) is 70.2 Å². The number of aryl methyl sites for hydroxylation is 1. The van der Waals surface area contributed by atoms with Crippen molar-refractivity contribution >= 4 is 17.5 Å². The van der Waals surface area contributed by atoms with Crippen molar-refractivity contribution in [3.8, 4) is 0 Å². The number of hydrogen-bond acceptors (Lipinski definition) is 3. The van der Waals surface area contributed by atoms with E-state index in [1.807, 2.05) is 31.2 Å². The Morgan fingerprint density at radius 3 is 2.52 bits per heavy atom. The lowest BCUT2D eigenvalue weighted by atomic mass is 10.1. The molecule has 5 nitrogen and oxygen atoms in total. The predicted octanol–water partition coefficient (Wildman–Crippen LogP) is 1.91. The van der Waals surface area contributed by atoms with Crippen molar-refractivity contribution in [3.05, 3.63) is 42.0 Å². The van der Waals surface area contributed by atoms with Gasteiger partial charge in [-0.3, -0.25) is 20.4 Å². The number of anilines is 1. The van der Waals surface area contributed by atoms with Crippen molar-refractivity contribution in [1.29, 1.82) is 0 Å². The first kappa shape index (κ1) is 15.1. The Balaban J connectivity index is 1.63. The minimum Gasteiger partial charge on any atom is -0.376 e. The van der Waals surface area contributed by atoms with Crippen LogP contribution in [-0.2, 0) is 9.59 Å². The molecule has 2 amide bonds. The summed E-state index contributed by atoms with van der Waals surface area (Å²) in [6, 6.07) is 7.76. The Morgan fingerprint density at radius 2 is 1.86 bits per heavy atom. The smallest absolute Gasteiger partial charge is 0.257 e. The van der Waals surface area contributed by atoms with Gasteiger partial charge in [-0.1, -0.05) is 29.8 Å². The highest BCUT2D eigenvalue weighted by atomic mass is 16.2. The van der Waals surface area contributed by atoms with E-state index in [4.69, 9.17) is 0 Å². The summed E-state index contributed by atoms with van der Waals surface area (Å²) < 4.78 is 0. The lowest BCUT2D eigenvalue weighted by molar-refractivity contribution is -0.128. The van der Waals surface area contributed by atoms with E-state index >= 15 is 0 Å². The van der Waals surface area contributed by atoms with E-state index in [-0.39, 0.29) is 18.4 Å². The molecule has 5 heteroatoms. The fraction of sp³-hybridized carbons (Fsp3) is 0.375. The number of nitrogens with one attached hydrogen (secondary N) is 3. The van der Waals surface area contributed by atoms with Gasteiger partial charge in [0.1, 0.15) is 0 Å². The highest BCUT2D eigenvalue weighted by molar-refractivity contribution is 5.84. The highest BCUT2D eigenvalue weighted by Crippen LogP contribution is 2.19. The third kappa shape index (κ3) is 5.30. The third-order valence-corrected chi connectivity index (χ3v) is 3.41. The predicted molar refractivity (Wildman–Crippen MR) is 82.4 cm³/mol. The second-order valence-electron chi connectivity index (χ2n) is 5.29. The van der Waals surface area contributed by atoms with Crippen LogP contribution >= 0.6 is 0 Å². The molecular weight excluding hydrogens is 266 g/mol. The maximum Gasteiger partial charge on any atom is 0.257 e. The molecule has 0 aromatic heterocycles. The number of rotatable bonds is 5. The molecule has 0 bridgehead atoms. The monoisotopic (exact) mass is 287 g/mol. The average Bonchev–Trinajstić information content (AvgIpc) is 2.97. The molecule has 1 aromatic carbocycles. The summed E-state index contributed by atoms with van der Waals surface area (Å²) in [6.07, 6.45) is 6.60. The SMILES string of the molecule is Cc1ccc(NCC(=O)NNC(=O)CC2C=CCC2)cc1. The molecule has 0 radical (unpaired) electrons. The van der Waals surface area contributed by atoms with Gasteiger partial charge in [0.15, 0.2) is 0 Å². The molecule has 1 aliphatic rings. The molecule has 1 aliphatic carbocycles. The molecule has 3 N–H and O–H groups in total. The van der Waals surface area contributed by atoms with Gasteiger partial charge < -0.3 is 5.32 Å². The number of amides is 2. The molecule has 0 saturated carbocycles. The lowest BCUT2D eigenvalue weighted by Gasteiger charge is -2.11. The van der Waals surface area contributed by atoms with Crippen LogP contribution in [0.1, 0.15) is 24.8 Å². The molecule has 0 heterocycles. The van der Waals surface area contributed by atoms with Crippen LogP contribution in [-0.4, -0.2) is 18.4 Å². The molecule has 21 heavy (non-hydrogen) atoms. The minimum absolute atomic E-state index is 0.118. The Hall–Kier alpha value is -2.30. The van der Waals surface area contributed by atoms with Crippen LogP contribution in [0, 0.1) is 12.8 Å². The molecule has 0 aliphatic heterocycles. The maximum absolute atomic E-state index is 11.6. The van der Waals surface area contributed by atoms with Crippen LogP contribution in [0.4, 0.5) is 5.69 Å². The van der Waals surface area contributed by atoms with Crippen molar-refractivity contribution in [2.45, 2.75) is 26.2 Å². The van der Waals surface area contributed by atoms with Crippen LogP contribution in [0.2, 0.25) is 0 Å². The standard InChI is InChI=1S/C16H21N3O2/c1-12-6-8-14(9-7-12)17-11-16(21)19-18-15(20)10-13-4-2-3-5-13/h2,4,6-9,13,17H,3,5,10-11H2,1H3,(H,18,20)(H,19,21). The fourth-order valence-corrected chi connectivity index (χ4v) is 2.19. The first-order chi connectivity index (χ1) is 10.1. The number of carbonyl (C=O) groups excluding carboxylic acids is 2. The van der Waals surface area contributed by atoms with Gasteiger partial charge in [-0.25, -0.2) is 0 Å². The van der Waals surface area contributed by atoms with Gasteiger partial charge in [-0.05, 0) is 37.8 Å². The summed E-state index contributed by atoms with van der Waals surface area (Å²) in [5.41, 5.74) is 6.89. The quantitative estimate of drug-likeness (QED) is 0.572. The lowest BCUT2D eigenvalue weighted by Crippen LogP contribution is -2.44. The summed E-state index contributed by atoms with van der Waals surface area (Å²) in [4.78, 5) is 23.3. The van der Waals surface area contributed by atoms with E-state index in [0.29, 0.717) is 12.3 Å². The van der Waals surface area contributed by atoms with Crippen LogP contribution < -0.4 is 16.2 Å². The van der Waals surface area contributed by atoms with E-state index in [2.05, 4.69) is 28.3 Å². The molecule has 1 aromatic rings. The summed E-state index contributed by atoms with van der Waals surface area (Å²) in [7, 11) is 0. The Bertz CT molecular complexity index is 523. The van der Waals surface area contributed by atoms with Gasteiger partial charge in [-0.15, -0.1) is 0 Å². The van der Waals surface area contributed by atoms with Crippen LogP contribution in [0.5, 0.6) is 0 Å². The number of benzene rings is 1. The van der Waals surface area contributed by atoms with E-state index in [0.717, 1.165) is 18.5 Å². The molecule has 1 unspecified atom stereocenters. The number of allylic oxidation sites excluding steroid dienone is 2. The molecule has 1 atom stereocenters. The van der Waals surface area contributed by atoms with E-state index in [1.54, 1.807) is 0 Å². The fourth-order valence-electron chi connectivity index (χ4n) is 2.19. The van der Waals surface area contributed by atoms with E-state index in [1.165, 1.54) is 5.56 Å². The molecule has 0 spiro atoms. The van der Waals surface area contributed by atoms with Gasteiger partial charge >= 0.3 is 0 Å². The third-order valence-electron chi connectivity index (χ3n) is 3.41. The molecule has 112 valence electrons. The van der Waals surface area contributed by atoms with Crippen LogP contribution in [0.3, 0.4) is 0 Å². The van der Waals surface area contributed by atoms with Crippen molar-refractivity contribution in [2.24, 2.45) is 5.92 Å². The number of hydrogen-bond donors (Lipinski definition) is 3. The molecule has 0 saturated heterocycles. The van der Waals surface area contributed by atoms with Crippen molar-refractivity contribution in [3.63, 3.8) is 0 Å². The maximum atomic E-state index is 11.6. The summed E-state index contributed by atoms with van der Waals surface area (Å²) in [5, 5.41) is 2.99. The second-order valence-corrected chi connectivity index (χ2v) is 5.29. The highest BCUT2D eigenvalue weighted by Gasteiger charge is 2.14. The van der Waals surface area contributed by atoms with Gasteiger partial charge in [-0.2, -0.15) is 0 Å². The van der Waals surface area contributed by atoms with Crippen molar-refractivity contribution < 1.29 is 9.59 Å². The zero-order valence-electron chi connectivity index (χ0n) is 12.2. The second kappa shape index (κ2) is 7.47. The summed E-state index contributed by atoms with van der Waals surface area (Å²) in [5.74, 6) is -0.131. The number of hydrazine groups is 1. The first-order valence-electron chi connectivity index (χ1n) is 7.18. The summed E-state index contributed by atoms with van der Waals surface area (Å²) in [6.45, 7) is 2.12. The largest absolute Gasteiger partial charge is 0.376 e. The van der Waals surface area contributed by atoms with E-state index < -0.39 is 0 Å². The summed E-state index contributed by atoms with van der Waals surface area (Å²) >= 11 is 0. The van der Waals surface area contributed by atoms with Crippen LogP contribution in [0.25, 0.3) is 0 Å². The average molecular weight is 287 g/mol. The van der Waals surface area contributed by atoms with Gasteiger partial charge in [0.05, 0.1) is 6.54 Å².